The Kier molecular flexibility index (Phi) is 5.07. The highest BCUT2D eigenvalue weighted by Crippen LogP contribution is 2.29. The molecule has 1 aromatic rings. The zero-order valence-corrected chi connectivity index (χ0v) is 11.7. The number of amidine groups is 1. The van der Waals surface area contributed by atoms with E-state index in [1.54, 1.807) is 0 Å². The number of piperazine rings is 1. The summed E-state index contributed by atoms with van der Waals surface area (Å²) in [5.41, 5.74) is 2.02. The van der Waals surface area contributed by atoms with Crippen LogP contribution in [0.25, 0.3) is 0 Å². The van der Waals surface area contributed by atoms with Crippen molar-refractivity contribution in [3.05, 3.63) is 24.3 Å². The quantitative estimate of drug-likeness (QED) is 0.371. The van der Waals surface area contributed by atoms with Crippen molar-refractivity contribution >= 4 is 28.3 Å². The summed E-state index contributed by atoms with van der Waals surface area (Å²) in [6, 6.07) is 8.04. The molecule has 0 atom stereocenters. The molecule has 0 radical (unpaired) electrons. The van der Waals surface area contributed by atoms with Gasteiger partial charge in [-0.1, -0.05) is 23.9 Å². The smallest absolute Gasteiger partial charge is 0.183 e. The van der Waals surface area contributed by atoms with E-state index in [9.17, 15) is 0 Å². The average Bonchev–Trinajstić information content (AvgIpc) is 2.48. The van der Waals surface area contributed by atoms with Crippen molar-refractivity contribution in [2.24, 2.45) is 4.99 Å². The van der Waals surface area contributed by atoms with Gasteiger partial charge in [0.2, 0.25) is 0 Å². The number of benzene rings is 1. The second-order valence-electron chi connectivity index (χ2n) is 4.08. The predicted octanol–water partition coefficient (Wildman–Crippen LogP) is 1.52. The maximum absolute atomic E-state index is 8.69. The summed E-state index contributed by atoms with van der Waals surface area (Å²) in [5.74, 6) is 0. The summed E-state index contributed by atoms with van der Waals surface area (Å²) in [6.45, 7) is 3.94. The van der Waals surface area contributed by atoms with Crippen LogP contribution >= 0.6 is 11.8 Å². The van der Waals surface area contributed by atoms with E-state index in [0.29, 0.717) is 5.17 Å². The number of anilines is 1. The van der Waals surface area contributed by atoms with Crippen LogP contribution in [0.2, 0.25) is 0 Å². The maximum atomic E-state index is 8.69. The molecule has 1 aromatic carbocycles. The van der Waals surface area contributed by atoms with Crippen LogP contribution in [-0.4, -0.2) is 37.6 Å². The third-order valence-electron chi connectivity index (χ3n) is 2.92. The van der Waals surface area contributed by atoms with Crippen LogP contribution in [0.1, 0.15) is 0 Å². The topological polar surface area (TPSA) is 63.4 Å². The zero-order valence-electron chi connectivity index (χ0n) is 10.9. The van der Waals surface area contributed by atoms with Crippen LogP contribution in [0.15, 0.2) is 29.3 Å². The summed E-state index contributed by atoms with van der Waals surface area (Å²) in [6.07, 6.45) is 3.81. The minimum absolute atomic E-state index is 0.616. The first-order valence-electron chi connectivity index (χ1n) is 6.17. The van der Waals surface area contributed by atoms with Gasteiger partial charge in [-0.3, -0.25) is 5.32 Å². The number of rotatable bonds is 2. The lowest BCUT2D eigenvalue weighted by Gasteiger charge is -2.30. The summed E-state index contributed by atoms with van der Waals surface area (Å²) in [4.78, 5) is 6.85. The SMILES string of the molecule is CSC(=Nc1ccccc1N1CCNCC1)NC#N. The molecule has 5 nitrogen and oxygen atoms in total. The molecular formula is C13H17N5S. The summed E-state index contributed by atoms with van der Waals surface area (Å²) in [7, 11) is 0. The fourth-order valence-electron chi connectivity index (χ4n) is 2.01. The molecule has 2 rings (SSSR count). The lowest BCUT2D eigenvalue weighted by molar-refractivity contribution is 0.589. The standard InChI is InChI=1S/C13H17N5S/c1-19-13(16-10-14)17-11-4-2-3-5-12(11)18-8-6-15-7-9-18/h2-5,15H,6-9H2,1H3,(H,16,17). The van der Waals surface area contributed by atoms with Gasteiger partial charge in [0.15, 0.2) is 11.4 Å². The molecule has 1 saturated heterocycles. The number of hydrogen-bond acceptors (Lipinski definition) is 5. The highest BCUT2D eigenvalue weighted by atomic mass is 32.2. The van der Waals surface area contributed by atoms with E-state index in [2.05, 4.69) is 26.6 Å². The van der Waals surface area contributed by atoms with Crippen molar-refractivity contribution in [2.75, 3.05) is 37.3 Å². The minimum Gasteiger partial charge on any atom is -0.367 e. The Morgan fingerprint density at radius 2 is 2.16 bits per heavy atom. The molecule has 0 aliphatic carbocycles. The fourth-order valence-corrected chi connectivity index (χ4v) is 2.35. The van der Waals surface area contributed by atoms with Gasteiger partial charge in [0.1, 0.15) is 0 Å². The van der Waals surface area contributed by atoms with E-state index in [1.807, 2.05) is 30.6 Å². The fraction of sp³-hybridized carbons (Fsp3) is 0.385. The normalized spacial score (nSPS) is 16.0. The molecule has 1 heterocycles. The van der Waals surface area contributed by atoms with Crippen molar-refractivity contribution in [1.29, 1.82) is 5.26 Å². The Balaban J connectivity index is 2.27. The number of aliphatic imine (C=N–C) groups is 1. The Hall–Kier alpha value is -1.71. The van der Waals surface area contributed by atoms with Crippen molar-refractivity contribution in [3.63, 3.8) is 0 Å². The van der Waals surface area contributed by atoms with Crippen LogP contribution in [0.4, 0.5) is 11.4 Å². The zero-order chi connectivity index (χ0) is 13.5. The number of nitrogens with zero attached hydrogens (tertiary/aromatic N) is 3. The van der Waals surface area contributed by atoms with Gasteiger partial charge in [0.25, 0.3) is 0 Å². The molecule has 2 N–H and O–H groups in total. The molecule has 0 aromatic heterocycles. The molecule has 1 fully saturated rings. The second-order valence-corrected chi connectivity index (χ2v) is 4.88. The number of nitrogens with one attached hydrogen (secondary N) is 2. The molecule has 0 saturated carbocycles. The molecule has 100 valence electrons. The van der Waals surface area contributed by atoms with Crippen LogP contribution in [0.5, 0.6) is 0 Å². The summed E-state index contributed by atoms with van der Waals surface area (Å²) < 4.78 is 0. The highest BCUT2D eigenvalue weighted by Gasteiger charge is 2.13. The minimum atomic E-state index is 0.616. The van der Waals surface area contributed by atoms with E-state index in [0.717, 1.165) is 37.6 Å². The summed E-state index contributed by atoms with van der Waals surface area (Å²) in [5, 5.41) is 15.2. The van der Waals surface area contributed by atoms with E-state index >= 15 is 0 Å². The van der Waals surface area contributed by atoms with Gasteiger partial charge in [0.05, 0.1) is 11.4 Å². The Bertz CT molecular complexity index is 488. The number of thioether (sulfide) groups is 1. The van der Waals surface area contributed by atoms with Gasteiger partial charge in [-0.25, -0.2) is 4.99 Å². The van der Waals surface area contributed by atoms with E-state index < -0.39 is 0 Å². The van der Waals surface area contributed by atoms with E-state index in [-0.39, 0.29) is 0 Å². The molecular weight excluding hydrogens is 258 g/mol. The molecule has 0 bridgehead atoms. The first-order chi connectivity index (χ1) is 9.35. The van der Waals surface area contributed by atoms with Crippen LogP contribution in [0.3, 0.4) is 0 Å². The van der Waals surface area contributed by atoms with Crippen molar-refractivity contribution < 1.29 is 0 Å². The van der Waals surface area contributed by atoms with Gasteiger partial charge < -0.3 is 10.2 Å². The van der Waals surface area contributed by atoms with Crippen molar-refractivity contribution in [1.82, 2.24) is 10.6 Å². The second kappa shape index (κ2) is 7.02. The molecule has 6 heteroatoms. The third-order valence-corrected chi connectivity index (χ3v) is 3.50. The Morgan fingerprint density at radius 3 is 2.84 bits per heavy atom. The van der Waals surface area contributed by atoms with Gasteiger partial charge >= 0.3 is 0 Å². The maximum Gasteiger partial charge on any atom is 0.183 e. The van der Waals surface area contributed by atoms with Crippen LogP contribution < -0.4 is 15.5 Å². The van der Waals surface area contributed by atoms with Gasteiger partial charge in [-0.05, 0) is 18.4 Å². The van der Waals surface area contributed by atoms with Crippen molar-refractivity contribution in [2.45, 2.75) is 0 Å². The average molecular weight is 275 g/mol. The first kappa shape index (κ1) is 13.7. The van der Waals surface area contributed by atoms with Gasteiger partial charge in [0, 0.05) is 26.2 Å². The molecule has 0 unspecified atom stereocenters. The van der Waals surface area contributed by atoms with Crippen molar-refractivity contribution in [3.8, 4) is 6.19 Å². The summed E-state index contributed by atoms with van der Waals surface area (Å²) >= 11 is 1.43. The number of nitriles is 1. The van der Waals surface area contributed by atoms with Crippen LogP contribution in [-0.2, 0) is 0 Å². The van der Waals surface area contributed by atoms with E-state index in [4.69, 9.17) is 5.26 Å². The molecule has 1 aliphatic heterocycles. The molecule has 0 amide bonds. The lowest BCUT2D eigenvalue weighted by atomic mass is 10.2. The Labute approximate surface area is 117 Å². The van der Waals surface area contributed by atoms with Gasteiger partial charge in [-0.2, -0.15) is 5.26 Å². The lowest BCUT2D eigenvalue weighted by Crippen LogP contribution is -2.43. The van der Waals surface area contributed by atoms with E-state index in [1.165, 1.54) is 11.8 Å². The molecule has 19 heavy (non-hydrogen) atoms. The largest absolute Gasteiger partial charge is 0.367 e. The number of hydrogen-bond donors (Lipinski definition) is 2. The monoisotopic (exact) mass is 275 g/mol. The van der Waals surface area contributed by atoms with Crippen LogP contribution in [0, 0.1) is 11.5 Å². The Morgan fingerprint density at radius 1 is 1.42 bits per heavy atom. The van der Waals surface area contributed by atoms with Gasteiger partial charge in [-0.15, -0.1) is 0 Å². The highest BCUT2D eigenvalue weighted by molar-refractivity contribution is 8.13. The third kappa shape index (κ3) is 3.63. The first-order valence-corrected chi connectivity index (χ1v) is 7.40. The molecule has 1 aliphatic rings. The molecule has 0 spiro atoms. The number of para-hydroxylation sites is 2. The predicted molar refractivity (Wildman–Crippen MR) is 80.9 cm³/mol.